The van der Waals surface area contributed by atoms with Gasteiger partial charge >= 0.3 is 0 Å². The highest BCUT2D eigenvalue weighted by atomic mass is 32.2. The molecule has 2 unspecified atom stereocenters. The van der Waals surface area contributed by atoms with Crippen molar-refractivity contribution in [3.63, 3.8) is 0 Å². The summed E-state index contributed by atoms with van der Waals surface area (Å²) in [7, 11) is 1.68. The minimum Gasteiger partial charge on any atom is -0.496 e. The van der Waals surface area contributed by atoms with Crippen LogP contribution in [0.15, 0.2) is 28.7 Å². The van der Waals surface area contributed by atoms with Gasteiger partial charge in [0.05, 0.1) is 13.2 Å². The Morgan fingerprint density at radius 2 is 2.24 bits per heavy atom. The maximum atomic E-state index is 11.4. The minimum absolute atomic E-state index is 0.0495. The van der Waals surface area contributed by atoms with Crippen LogP contribution in [0.4, 0.5) is 0 Å². The monoisotopic (exact) mass is 306 g/mol. The molecule has 1 aromatic rings. The van der Waals surface area contributed by atoms with Gasteiger partial charge in [-0.25, -0.2) is 5.43 Å². The summed E-state index contributed by atoms with van der Waals surface area (Å²) in [5, 5.41) is 0. The summed E-state index contributed by atoms with van der Waals surface area (Å²) < 4.78 is 5.43. The summed E-state index contributed by atoms with van der Waals surface area (Å²) in [6, 6.07) is 6.31. The van der Waals surface area contributed by atoms with Crippen LogP contribution in [0.2, 0.25) is 0 Å². The number of carbonyl (C=O) groups excluding carboxylic acids is 1. The Balaban J connectivity index is 2.27. The maximum absolute atomic E-state index is 11.4. The van der Waals surface area contributed by atoms with E-state index in [0.29, 0.717) is 6.42 Å². The molecular weight excluding hydrogens is 284 g/mol. The molecule has 21 heavy (non-hydrogen) atoms. The van der Waals surface area contributed by atoms with E-state index in [-0.39, 0.29) is 17.9 Å². The maximum Gasteiger partial charge on any atom is 0.234 e. The number of hydrogen-bond donors (Lipinski definition) is 2. The predicted molar refractivity (Wildman–Crippen MR) is 87.3 cm³/mol. The third-order valence-corrected chi connectivity index (χ3v) is 4.48. The van der Waals surface area contributed by atoms with Gasteiger partial charge in [0.15, 0.2) is 0 Å². The summed E-state index contributed by atoms with van der Waals surface area (Å²) in [6.45, 7) is 4.17. The predicted octanol–water partition coefficient (Wildman–Crippen LogP) is 2.85. The van der Waals surface area contributed by atoms with Crippen molar-refractivity contribution >= 4 is 23.7 Å². The molecule has 0 aliphatic carbocycles. The highest BCUT2D eigenvalue weighted by Gasteiger charge is 2.26. The zero-order chi connectivity index (χ0) is 15.4. The van der Waals surface area contributed by atoms with Crippen LogP contribution in [-0.2, 0) is 4.79 Å². The molecule has 1 aliphatic rings. The van der Waals surface area contributed by atoms with Crippen LogP contribution >= 0.6 is 11.8 Å². The summed E-state index contributed by atoms with van der Waals surface area (Å²) in [4.78, 5) is 12.6. The smallest absolute Gasteiger partial charge is 0.234 e. The van der Waals surface area contributed by atoms with Crippen molar-refractivity contribution in [2.45, 2.75) is 31.2 Å². The summed E-state index contributed by atoms with van der Waals surface area (Å²) in [5.74, 6) is 1.18. The van der Waals surface area contributed by atoms with E-state index in [4.69, 9.17) is 4.74 Å². The van der Waals surface area contributed by atoms with Crippen molar-refractivity contribution in [2.75, 3.05) is 13.4 Å². The molecule has 1 saturated heterocycles. The molecule has 1 heterocycles. The van der Waals surface area contributed by atoms with Gasteiger partial charge in [0.2, 0.25) is 5.91 Å². The summed E-state index contributed by atoms with van der Waals surface area (Å²) in [6.07, 6.45) is 4.73. The molecule has 4 nitrogen and oxygen atoms in total. The number of thioether (sulfide) groups is 1. The Kier molecular flexibility index (Phi) is 5.31. The molecule has 114 valence electrons. The Labute approximate surface area is 130 Å². The molecule has 1 amide bonds. The number of methoxy groups -OCH3 is 1. The second kappa shape index (κ2) is 7.00. The standard InChI is InChI=1S/C16H22N2O2S/c1-10(16-11(2)8-15(19)17-18-16)7-12-9-13(21-4)5-6-14(12)20-3/h5-7,9,11,16,18H,8H2,1-4H3,(H,17,19)/b10-7+. The van der Waals surface area contributed by atoms with Gasteiger partial charge in [0.1, 0.15) is 5.75 Å². The lowest BCUT2D eigenvalue weighted by Crippen LogP contribution is -2.53. The Hall–Kier alpha value is -1.46. The van der Waals surface area contributed by atoms with E-state index in [1.807, 2.05) is 6.07 Å². The van der Waals surface area contributed by atoms with Gasteiger partial charge in [-0.3, -0.25) is 10.2 Å². The molecular formula is C16H22N2O2S. The second-order valence-corrected chi connectivity index (χ2v) is 6.23. The number of hydrogen-bond acceptors (Lipinski definition) is 4. The Bertz CT molecular complexity index is 557. The van der Waals surface area contributed by atoms with Crippen LogP contribution in [0.1, 0.15) is 25.8 Å². The SMILES string of the molecule is COc1ccc(SC)cc1/C=C(\C)C1NNC(=O)CC1C. The van der Waals surface area contributed by atoms with Gasteiger partial charge in [0, 0.05) is 16.9 Å². The highest BCUT2D eigenvalue weighted by molar-refractivity contribution is 7.98. The molecule has 1 fully saturated rings. The van der Waals surface area contributed by atoms with Gasteiger partial charge in [-0.05, 0) is 37.3 Å². The van der Waals surface area contributed by atoms with E-state index in [1.54, 1.807) is 18.9 Å². The van der Waals surface area contributed by atoms with Crippen LogP contribution in [-0.4, -0.2) is 25.3 Å². The van der Waals surface area contributed by atoms with Crippen molar-refractivity contribution in [1.29, 1.82) is 0 Å². The van der Waals surface area contributed by atoms with Gasteiger partial charge < -0.3 is 4.74 Å². The average molecular weight is 306 g/mol. The number of amides is 1. The topological polar surface area (TPSA) is 50.4 Å². The first kappa shape index (κ1) is 15.9. The molecule has 0 spiro atoms. The molecule has 0 aromatic heterocycles. The third kappa shape index (κ3) is 3.80. The number of hydrazine groups is 1. The fourth-order valence-electron chi connectivity index (χ4n) is 2.61. The quantitative estimate of drug-likeness (QED) is 0.840. The van der Waals surface area contributed by atoms with Crippen LogP contribution in [0.25, 0.3) is 6.08 Å². The molecule has 2 rings (SSSR count). The molecule has 5 heteroatoms. The fraction of sp³-hybridized carbons (Fsp3) is 0.438. The number of rotatable bonds is 4. The van der Waals surface area contributed by atoms with Gasteiger partial charge in [-0.1, -0.05) is 18.6 Å². The largest absolute Gasteiger partial charge is 0.496 e. The molecule has 0 radical (unpaired) electrons. The molecule has 1 aromatic carbocycles. The number of carbonyl (C=O) groups is 1. The van der Waals surface area contributed by atoms with Crippen molar-refractivity contribution in [3.8, 4) is 5.75 Å². The zero-order valence-corrected chi connectivity index (χ0v) is 13.7. The number of benzene rings is 1. The van der Waals surface area contributed by atoms with Crippen LogP contribution in [0.3, 0.4) is 0 Å². The molecule has 2 atom stereocenters. The lowest BCUT2D eigenvalue weighted by molar-refractivity contribution is -0.125. The van der Waals surface area contributed by atoms with Crippen molar-refractivity contribution in [2.24, 2.45) is 5.92 Å². The first-order chi connectivity index (χ1) is 10.0. The Morgan fingerprint density at radius 3 is 2.86 bits per heavy atom. The van der Waals surface area contributed by atoms with Crippen LogP contribution < -0.4 is 15.6 Å². The Morgan fingerprint density at radius 1 is 1.48 bits per heavy atom. The number of ether oxygens (including phenoxy) is 1. The summed E-state index contributed by atoms with van der Waals surface area (Å²) >= 11 is 1.71. The fourth-order valence-corrected chi connectivity index (χ4v) is 3.06. The zero-order valence-electron chi connectivity index (χ0n) is 12.9. The minimum atomic E-state index is 0.0495. The lowest BCUT2D eigenvalue weighted by Gasteiger charge is -2.30. The first-order valence-electron chi connectivity index (χ1n) is 6.99. The van der Waals surface area contributed by atoms with Gasteiger partial charge in [-0.2, -0.15) is 0 Å². The molecule has 2 N–H and O–H groups in total. The second-order valence-electron chi connectivity index (χ2n) is 5.35. The van der Waals surface area contributed by atoms with Crippen molar-refractivity contribution < 1.29 is 9.53 Å². The van der Waals surface area contributed by atoms with Gasteiger partial charge in [0.25, 0.3) is 0 Å². The lowest BCUT2D eigenvalue weighted by atomic mass is 9.90. The van der Waals surface area contributed by atoms with E-state index >= 15 is 0 Å². The summed E-state index contributed by atoms with van der Waals surface area (Å²) in [5.41, 5.74) is 8.05. The first-order valence-corrected chi connectivity index (χ1v) is 8.22. The van der Waals surface area contributed by atoms with E-state index in [1.165, 1.54) is 10.5 Å². The average Bonchev–Trinajstić information content (AvgIpc) is 2.46. The van der Waals surface area contributed by atoms with Crippen molar-refractivity contribution in [3.05, 3.63) is 29.3 Å². The van der Waals surface area contributed by atoms with Gasteiger partial charge in [-0.15, -0.1) is 11.8 Å². The normalized spacial score (nSPS) is 22.9. The molecule has 1 aliphatic heterocycles. The van der Waals surface area contributed by atoms with Crippen LogP contribution in [0.5, 0.6) is 5.75 Å². The number of nitrogens with one attached hydrogen (secondary N) is 2. The van der Waals surface area contributed by atoms with Crippen molar-refractivity contribution in [1.82, 2.24) is 10.9 Å². The van der Waals surface area contributed by atoms with E-state index in [9.17, 15) is 4.79 Å². The van der Waals surface area contributed by atoms with E-state index in [0.717, 1.165) is 11.3 Å². The van der Waals surface area contributed by atoms with E-state index in [2.05, 4.69) is 49.2 Å². The molecule has 0 saturated carbocycles. The van der Waals surface area contributed by atoms with E-state index < -0.39 is 0 Å². The molecule has 0 bridgehead atoms. The third-order valence-electron chi connectivity index (χ3n) is 3.75. The van der Waals surface area contributed by atoms with Crippen LogP contribution in [0, 0.1) is 5.92 Å². The highest BCUT2D eigenvalue weighted by Crippen LogP contribution is 2.28.